The van der Waals surface area contributed by atoms with Crippen LogP contribution in [0.4, 0.5) is 4.39 Å². The number of ether oxygens (including phenoxy) is 3. The molecule has 1 aliphatic heterocycles. The first-order valence-electron chi connectivity index (χ1n) is 7.98. The van der Waals surface area contributed by atoms with E-state index in [4.69, 9.17) is 14.2 Å². The predicted molar refractivity (Wildman–Crippen MR) is 88.8 cm³/mol. The zero-order valence-corrected chi connectivity index (χ0v) is 14.3. The molecular formula is C18H24FNO4. The van der Waals surface area contributed by atoms with Crippen molar-refractivity contribution in [1.82, 2.24) is 5.32 Å². The van der Waals surface area contributed by atoms with Crippen molar-refractivity contribution >= 4 is 5.91 Å². The molecule has 0 radical (unpaired) electrons. The second-order valence-corrected chi connectivity index (χ2v) is 5.95. The average molecular weight is 337 g/mol. The lowest BCUT2D eigenvalue weighted by molar-refractivity contribution is -0.0457. The van der Waals surface area contributed by atoms with Gasteiger partial charge in [-0.1, -0.05) is 11.6 Å². The summed E-state index contributed by atoms with van der Waals surface area (Å²) in [5.74, 6) is -0.767. The van der Waals surface area contributed by atoms with Crippen molar-refractivity contribution in [2.45, 2.75) is 32.4 Å². The van der Waals surface area contributed by atoms with Crippen LogP contribution in [0, 0.1) is 5.82 Å². The maximum Gasteiger partial charge on any atom is 0.251 e. The molecule has 6 heteroatoms. The zero-order valence-electron chi connectivity index (χ0n) is 14.3. The van der Waals surface area contributed by atoms with Crippen LogP contribution in [0.15, 0.2) is 29.8 Å². The summed E-state index contributed by atoms with van der Waals surface area (Å²) in [5.41, 5.74) is 1.52. The third kappa shape index (κ3) is 5.04. The van der Waals surface area contributed by atoms with Gasteiger partial charge >= 0.3 is 0 Å². The minimum Gasteiger partial charge on any atom is -0.494 e. The van der Waals surface area contributed by atoms with Gasteiger partial charge in [0.1, 0.15) is 0 Å². The summed E-state index contributed by atoms with van der Waals surface area (Å²) in [6, 6.07) is 3.78. The molecule has 0 aromatic heterocycles. The Balaban J connectivity index is 2.01. The highest BCUT2D eigenvalue weighted by Gasteiger charge is 2.28. The highest BCUT2D eigenvalue weighted by molar-refractivity contribution is 5.94. The smallest absolute Gasteiger partial charge is 0.251 e. The molecule has 2 rings (SSSR count). The highest BCUT2D eigenvalue weighted by Crippen LogP contribution is 2.19. The van der Waals surface area contributed by atoms with Crippen molar-refractivity contribution in [1.29, 1.82) is 0 Å². The van der Waals surface area contributed by atoms with Gasteiger partial charge in [-0.25, -0.2) is 4.39 Å². The first kappa shape index (κ1) is 18.4. The maximum absolute atomic E-state index is 13.5. The number of benzene rings is 1. The fraction of sp³-hybridized carbons (Fsp3) is 0.500. The Labute approximate surface area is 141 Å². The van der Waals surface area contributed by atoms with Crippen molar-refractivity contribution in [3.63, 3.8) is 0 Å². The molecule has 0 unspecified atom stereocenters. The van der Waals surface area contributed by atoms with E-state index in [1.807, 2.05) is 19.9 Å². The van der Waals surface area contributed by atoms with Crippen molar-refractivity contribution in [2.75, 3.05) is 26.9 Å². The lowest BCUT2D eigenvalue weighted by atomic mass is 10.1. The van der Waals surface area contributed by atoms with Crippen LogP contribution in [0.3, 0.4) is 0 Å². The summed E-state index contributed by atoms with van der Waals surface area (Å²) in [7, 11) is 1.36. The van der Waals surface area contributed by atoms with Crippen molar-refractivity contribution in [3.8, 4) is 5.75 Å². The topological polar surface area (TPSA) is 56.8 Å². The van der Waals surface area contributed by atoms with Gasteiger partial charge in [0.05, 0.1) is 32.5 Å². The molecule has 1 heterocycles. The van der Waals surface area contributed by atoms with Crippen LogP contribution in [0.25, 0.3) is 0 Å². The van der Waals surface area contributed by atoms with E-state index in [9.17, 15) is 9.18 Å². The Morgan fingerprint density at radius 3 is 2.96 bits per heavy atom. The maximum atomic E-state index is 13.5. The second-order valence-electron chi connectivity index (χ2n) is 5.95. The number of amides is 1. The molecule has 132 valence electrons. The number of nitrogens with one attached hydrogen (secondary N) is 1. The number of carbonyl (C=O) groups excluding carboxylic acids is 1. The number of hydrogen-bond acceptors (Lipinski definition) is 4. The standard InChI is InChI=1S/C18H24FNO4/c1-12(2)6-9-24-16-7-8-23-11-15(16)20-18(21)13-4-5-14(19)17(10-13)22-3/h4-6,10,15-16H,7-9,11H2,1-3H3,(H,20,21)/t15-,16+/m0/s1. The first-order chi connectivity index (χ1) is 11.5. The second kappa shape index (κ2) is 8.80. The van der Waals surface area contributed by atoms with Gasteiger partial charge in [-0.05, 0) is 38.5 Å². The Kier molecular flexibility index (Phi) is 6.75. The monoisotopic (exact) mass is 337 g/mol. The minimum atomic E-state index is -0.502. The summed E-state index contributed by atoms with van der Waals surface area (Å²) >= 11 is 0. The van der Waals surface area contributed by atoms with Crippen LogP contribution in [0.5, 0.6) is 5.75 Å². The minimum absolute atomic E-state index is 0.0407. The predicted octanol–water partition coefficient (Wildman–Crippen LogP) is 2.70. The van der Waals surface area contributed by atoms with Gasteiger partial charge in [-0.3, -0.25) is 4.79 Å². The lowest BCUT2D eigenvalue weighted by Gasteiger charge is -2.32. The van der Waals surface area contributed by atoms with Crippen LogP contribution in [0.1, 0.15) is 30.6 Å². The van der Waals surface area contributed by atoms with Gasteiger partial charge in [0.2, 0.25) is 0 Å². The van der Waals surface area contributed by atoms with Crippen LogP contribution >= 0.6 is 0 Å². The summed E-state index contributed by atoms with van der Waals surface area (Å²) in [6.07, 6.45) is 2.61. The molecule has 0 saturated carbocycles. The lowest BCUT2D eigenvalue weighted by Crippen LogP contribution is -2.50. The molecule has 0 spiro atoms. The summed E-state index contributed by atoms with van der Waals surface area (Å²) in [4.78, 5) is 12.4. The van der Waals surface area contributed by atoms with Crippen LogP contribution < -0.4 is 10.1 Å². The Hall–Kier alpha value is -1.92. The molecule has 1 amide bonds. The van der Waals surface area contributed by atoms with Gasteiger partial charge in [-0.2, -0.15) is 0 Å². The molecule has 0 bridgehead atoms. The number of methoxy groups -OCH3 is 1. The van der Waals surface area contributed by atoms with E-state index in [1.54, 1.807) is 0 Å². The van der Waals surface area contributed by atoms with Gasteiger partial charge in [0.25, 0.3) is 5.91 Å². The molecule has 5 nitrogen and oxygen atoms in total. The van der Waals surface area contributed by atoms with Gasteiger partial charge < -0.3 is 19.5 Å². The van der Waals surface area contributed by atoms with Crippen molar-refractivity contribution in [3.05, 3.63) is 41.2 Å². The van der Waals surface area contributed by atoms with E-state index < -0.39 is 5.82 Å². The molecule has 1 fully saturated rings. The van der Waals surface area contributed by atoms with E-state index in [0.717, 1.165) is 0 Å². The summed E-state index contributed by atoms with van der Waals surface area (Å²) < 4.78 is 29.7. The molecule has 2 atom stereocenters. The van der Waals surface area contributed by atoms with E-state index in [1.165, 1.54) is 30.9 Å². The van der Waals surface area contributed by atoms with Crippen LogP contribution in [0.2, 0.25) is 0 Å². The Bertz CT molecular complexity index is 599. The molecule has 24 heavy (non-hydrogen) atoms. The molecular weight excluding hydrogens is 313 g/mol. The van der Waals surface area contributed by atoms with Crippen molar-refractivity contribution < 1.29 is 23.4 Å². The molecule has 1 aromatic carbocycles. The average Bonchev–Trinajstić information content (AvgIpc) is 2.56. The summed E-state index contributed by atoms with van der Waals surface area (Å²) in [6.45, 7) is 5.52. The SMILES string of the molecule is COc1cc(C(=O)N[C@H]2COCC[C@H]2OCC=C(C)C)ccc1F. The van der Waals surface area contributed by atoms with E-state index >= 15 is 0 Å². The fourth-order valence-electron chi connectivity index (χ4n) is 2.44. The number of halogens is 1. The Morgan fingerprint density at radius 2 is 2.25 bits per heavy atom. The van der Waals surface area contributed by atoms with E-state index in [-0.39, 0.29) is 23.8 Å². The molecule has 1 aliphatic rings. The molecule has 1 N–H and O–H groups in total. The van der Waals surface area contributed by atoms with Crippen LogP contribution in [-0.2, 0) is 9.47 Å². The summed E-state index contributed by atoms with van der Waals surface area (Å²) in [5, 5.41) is 2.91. The Morgan fingerprint density at radius 1 is 1.46 bits per heavy atom. The van der Waals surface area contributed by atoms with Gasteiger partial charge in [0, 0.05) is 12.2 Å². The van der Waals surface area contributed by atoms with Gasteiger partial charge in [0.15, 0.2) is 11.6 Å². The molecule has 1 aromatic rings. The largest absolute Gasteiger partial charge is 0.494 e. The van der Waals surface area contributed by atoms with E-state index in [2.05, 4.69) is 5.32 Å². The quantitative estimate of drug-likeness (QED) is 0.811. The van der Waals surface area contributed by atoms with Crippen LogP contribution in [-0.4, -0.2) is 45.0 Å². The number of carbonyl (C=O) groups is 1. The number of rotatable bonds is 6. The number of hydrogen-bond donors (Lipinski definition) is 1. The third-order valence-electron chi connectivity index (χ3n) is 3.82. The van der Waals surface area contributed by atoms with Crippen molar-refractivity contribution in [2.24, 2.45) is 0 Å². The fourth-order valence-corrected chi connectivity index (χ4v) is 2.44. The molecule has 1 saturated heterocycles. The highest BCUT2D eigenvalue weighted by atomic mass is 19.1. The normalized spacial score (nSPS) is 20.3. The van der Waals surface area contributed by atoms with Gasteiger partial charge in [-0.15, -0.1) is 0 Å². The first-order valence-corrected chi connectivity index (χ1v) is 7.98. The zero-order chi connectivity index (χ0) is 17.5. The molecule has 0 aliphatic carbocycles. The number of allylic oxidation sites excluding steroid dienone is 1. The third-order valence-corrected chi connectivity index (χ3v) is 3.82. The van der Waals surface area contributed by atoms with E-state index in [0.29, 0.717) is 31.8 Å².